The zero-order chi connectivity index (χ0) is 25.2. The molecule has 1 fully saturated rings. The highest BCUT2D eigenvalue weighted by Crippen LogP contribution is 2.61. The lowest BCUT2D eigenvalue weighted by Crippen LogP contribution is -2.48. The van der Waals surface area contributed by atoms with Gasteiger partial charge in [-0.3, -0.25) is 14.4 Å². The van der Waals surface area contributed by atoms with E-state index in [1.807, 2.05) is 30.0 Å². The van der Waals surface area contributed by atoms with Crippen molar-refractivity contribution in [2.24, 2.45) is 5.41 Å². The Labute approximate surface area is 208 Å². The third-order valence-corrected chi connectivity index (χ3v) is 7.74. The molecule has 1 saturated heterocycles. The molecule has 180 valence electrons. The topological polar surface area (TPSA) is 63.7 Å². The smallest absolute Gasteiger partial charge is 0.180 e. The third kappa shape index (κ3) is 2.78. The number of nitrogens with zero attached hydrogens (tertiary/aromatic N) is 1. The van der Waals surface area contributed by atoms with Crippen LogP contribution in [0.15, 0.2) is 72.8 Å². The van der Waals surface area contributed by atoms with Gasteiger partial charge in [0.15, 0.2) is 17.3 Å². The molecule has 3 aliphatic rings. The summed E-state index contributed by atoms with van der Waals surface area (Å²) >= 11 is 0. The molecule has 0 amide bonds. The quantitative estimate of drug-likeness (QED) is 0.477. The number of ketones is 3. The number of fused-ring (bicyclic) bond motifs is 5. The van der Waals surface area contributed by atoms with Gasteiger partial charge in [0.25, 0.3) is 0 Å². The van der Waals surface area contributed by atoms with E-state index in [4.69, 9.17) is 4.74 Å². The van der Waals surface area contributed by atoms with Crippen LogP contribution >= 0.6 is 0 Å². The zero-order valence-corrected chi connectivity index (χ0v) is 19.9. The summed E-state index contributed by atoms with van der Waals surface area (Å²) in [5, 5.41) is 0. The van der Waals surface area contributed by atoms with E-state index in [-0.39, 0.29) is 17.3 Å². The molecule has 6 rings (SSSR count). The highest BCUT2D eigenvalue weighted by atomic mass is 19.1. The van der Waals surface area contributed by atoms with Crippen LogP contribution in [0.3, 0.4) is 0 Å². The van der Waals surface area contributed by atoms with Gasteiger partial charge in [-0.2, -0.15) is 0 Å². The molecule has 3 aromatic rings. The van der Waals surface area contributed by atoms with Crippen molar-refractivity contribution in [2.45, 2.75) is 31.8 Å². The first-order valence-electron chi connectivity index (χ1n) is 12.1. The second kappa shape index (κ2) is 7.98. The maximum absolute atomic E-state index is 14.4. The van der Waals surface area contributed by atoms with E-state index in [2.05, 4.69) is 0 Å². The van der Waals surface area contributed by atoms with Crippen LogP contribution in [0.25, 0.3) is 6.08 Å². The van der Waals surface area contributed by atoms with E-state index >= 15 is 0 Å². The fourth-order valence-electron chi connectivity index (χ4n) is 6.47. The van der Waals surface area contributed by atoms with Crippen molar-refractivity contribution < 1.29 is 23.5 Å². The summed E-state index contributed by atoms with van der Waals surface area (Å²) < 4.78 is 20.1. The summed E-state index contributed by atoms with van der Waals surface area (Å²) in [6.07, 6.45) is 3.53. The van der Waals surface area contributed by atoms with Crippen LogP contribution in [0.4, 0.5) is 10.1 Å². The van der Waals surface area contributed by atoms with E-state index in [1.165, 1.54) is 19.1 Å². The van der Waals surface area contributed by atoms with Gasteiger partial charge in [0.05, 0.1) is 18.7 Å². The minimum atomic E-state index is -1.57. The number of para-hydroxylation sites is 1. The Kier molecular flexibility index (Phi) is 4.97. The number of hydrogen-bond acceptors (Lipinski definition) is 5. The maximum atomic E-state index is 14.4. The Balaban J connectivity index is 1.69. The minimum absolute atomic E-state index is 0.185. The molecular formula is C30H24FNO4. The fourth-order valence-corrected chi connectivity index (χ4v) is 6.47. The summed E-state index contributed by atoms with van der Waals surface area (Å²) in [4.78, 5) is 44.1. The molecule has 1 spiro atoms. The number of ether oxygens (including phenoxy) is 1. The average molecular weight is 482 g/mol. The third-order valence-electron chi connectivity index (χ3n) is 7.74. The number of carbonyl (C=O) groups excluding carboxylic acids is 3. The molecule has 5 nitrogen and oxygen atoms in total. The molecule has 1 aliphatic carbocycles. The predicted molar refractivity (Wildman–Crippen MR) is 134 cm³/mol. The van der Waals surface area contributed by atoms with Crippen molar-refractivity contribution in [1.82, 2.24) is 0 Å². The highest BCUT2D eigenvalue weighted by Gasteiger charge is 2.71. The lowest BCUT2D eigenvalue weighted by molar-refractivity contribution is -0.118. The number of carbonyl (C=O) groups is 3. The lowest BCUT2D eigenvalue weighted by Gasteiger charge is -2.37. The Hall–Kier alpha value is -4.06. The van der Waals surface area contributed by atoms with Crippen LogP contribution < -0.4 is 9.64 Å². The van der Waals surface area contributed by atoms with Crippen molar-refractivity contribution >= 4 is 29.1 Å². The Morgan fingerprint density at radius 3 is 2.33 bits per heavy atom. The summed E-state index contributed by atoms with van der Waals surface area (Å²) in [7, 11) is 0. The van der Waals surface area contributed by atoms with Gasteiger partial charge in [-0.25, -0.2) is 4.39 Å². The number of hydrogen-bond donors (Lipinski definition) is 0. The Morgan fingerprint density at radius 1 is 1.00 bits per heavy atom. The average Bonchev–Trinajstić information content (AvgIpc) is 3.31. The second-order valence-corrected chi connectivity index (χ2v) is 9.49. The van der Waals surface area contributed by atoms with Crippen LogP contribution in [0.1, 0.15) is 51.6 Å². The van der Waals surface area contributed by atoms with Crippen molar-refractivity contribution in [3.05, 3.63) is 101 Å². The van der Waals surface area contributed by atoms with Crippen molar-refractivity contribution in [2.75, 3.05) is 11.5 Å². The number of halogens is 1. The molecule has 0 radical (unpaired) electrons. The molecule has 3 atom stereocenters. The van der Waals surface area contributed by atoms with Crippen molar-refractivity contribution in [3.8, 4) is 5.75 Å². The number of anilines is 1. The maximum Gasteiger partial charge on any atom is 0.180 e. The first-order valence-corrected chi connectivity index (χ1v) is 12.1. The molecule has 2 aliphatic heterocycles. The van der Waals surface area contributed by atoms with Crippen LogP contribution in [-0.2, 0) is 4.79 Å². The molecule has 36 heavy (non-hydrogen) atoms. The lowest BCUT2D eigenvalue weighted by atomic mass is 9.64. The Morgan fingerprint density at radius 2 is 1.67 bits per heavy atom. The van der Waals surface area contributed by atoms with Gasteiger partial charge in [-0.1, -0.05) is 54.6 Å². The summed E-state index contributed by atoms with van der Waals surface area (Å²) in [5.74, 6) is -1.45. The molecule has 0 aromatic heterocycles. The van der Waals surface area contributed by atoms with Crippen LogP contribution in [0, 0.1) is 11.2 Å². The van der Waals surface area contributed by atoms with E-state index in [1.54, 1.807) is 48.6 Å². The highest BCUT2D eigenvalue weighted by molar-refractivity contribution is 6.32. The van der Waals surface area contributed by atoms with Gasteiger partial charge in [0.2, 0.25) is 0 Å². The van der Waals surface area contributed by atoms with Crippen molar-refractivity contribution in [3.63, 3.8) is 0 Å². The molecular weight excluding hydrogens is 457 g/mol. The van der Waals surface area contributed by atoms with E-state index < -0.39 is 29.2 Å². The first-order chi connectivity index (χ1) is 17.4. The largest absolute Gasteiger partial charge is 0.494 e. The molecule has 2 heterocycles. The number of rotatable bonds is 4. The number of Topliss-reactive ketones (excluding diaryl/α,β-unsaturated/α-hetero) is 3. The van der Waals surface area contributed by atoms with Gasteiger partial charge in [-0.15, -0.1) is 0 Å². The standard InChI is InChI=1S/C30H24FNO4/c1-3-36-24-11-7-6-10-22(24)26-27(17(2)33)32-23-14-13-19(31)16-18(23)12-15-25(32)30(26)28(34)20-8-4-5-9-21(20)29(30)35/h4-16,25-27H,3H2,1-2H3/t25?,26-,27-/m0/s1. The molecule has 0 bridgehead atoms. The second-order valence-electron chi connectivity index (χ2n) is 9.49. The van der Waals surface area contributed by atoms with E-state index in [0.29, 0.717) is 40.3 Å². The van der Waals surface area contributed by atoms with Gasteiger partial charge < -0.3 is 9.64 Å². The Bertz CT molecular complexity index is 1440. The summed E-state index contributed by atoms with van der Waals surface area (Å²) in [6, 6.07) is 17.0. The van der Waals surface area contributed by atoms with Gasteiger partial charge in [0.1, 0.15) is 17.0 Å². The number of benzene rings is 3. The molecule has 6 heteroatoms. The minimum Gasteiger partial charge on any atom is -0.494 e. The first kappa shape index (κ1) is 22.4. The fraction of sp³-hybridized carbons (Fsp3) is 0.233. The van der Waals surface area contributed by atoms with Gasteiger partial charge >= 0.3 is 0 Å². The summed E-state index contributed by atoms with van der Waals surface area (Å²) in [5.41, 5.74) is 1.02. The monoisotopic (exact) mass is 481 g/mol. The summed E-state index contributed by atoms with van der Waals surface area (Å²) in [6.45, 7) is 3.73. The SMILES string of the molecule is CCOc1ccccc1[C@H]1[C@H](C(C)=O)N2c3ccc(F)cc3C=CC2C12C(=O)c1ccccc1C2=O. The molecule has 0 N–H and O–H groups in total. The van der Waals surface area contributed by atoms with Crippen LogP contribution in [0.5, 0.6) is 5.75 Å². The van der Waals surface area contributed by atoms with E-state index in [9.17, 15) is 18.8 Å². The van der Waals surface area contributed by atoms with E-state index in [0.717, 1.165) is 0 Å². The van der Waals surface area contributed by atoms with Gasteiger partial charge in [-0.05, 0) is 38.1 Å². The van der Waals surface area contributed by atoms with Gasteiger partial charge in [0, 0.05) is 33.9 Å². The van der Waals surface area contributed by atoms with Crippen LogP contribution in [-0.4, -0.2) is 36.0 Å². The normalized spacial score (nSPS) is 23.0. The molecule has 1 unspecified atom stereocenters. The zero-order valence-electron chi connectivity index (χ0n) is 19.9. The molecule has 3 aromatic carbocycles. The predicted octanol–water partition coefficient (Wildman–Crippen LogP) is 5.25. The van der Waals surface area contributed by atoms with Crippen LogP contribution in [0.2, 0.25) is 0 Å². The molecule has 0 saturated carbocycles. The van der Waals surface area contributed by atoms with Crippen molar-refractivity contribution in [1.29, 1.82) is 0 Å².